The number of hydrogen-bond donors (Lipinski definition) is 2. The van der Waals surface area contributed by atoms with Crippen molar-refractivity contribution in [3.05, 3.63) is 98.6 Å². The van der Waals surface area contributed by atoms with Crippen molar-refractivity contribution in [2.24, 2.45) is 0 Å². The Morgan fingerprint density at radius 2 is 2.03 bits per heavy atom. The molecule has 1 atom stereocenters. The highest BCUT2D eigenvalue weighted by Crippen LogP contribution is 2.43. The number of aliphatic hydroxyl groups excluding tert-OH is 1. The lowest BCUT2D eigenvalue weighted by Gasteiger charge is -2.36. The number of nitrogens with zero attached hydrogens (tertiary/aromatic N) is 4. The number of carbonyl (C=O) groups is 1. The van der Waals surface area contributed by atoms with E-state index in [-0.39, 0.29) is 35.9 Å². The van der Waals surface area contributed by atoms with Crippen molar-refractivity contribution in [3.8, 4) is 6.07 Å². The minimum atomic E-state index is -4.62. The molecule has 0 unspecified atom stereocenters. The summed E-state index contributed by atoms with van der Waals surface area (Å²) >= 11 is 0. The topological polar surface area (TPSA) is 124 Å². The summed E-state index contributed by atoms with van der Waals surface area (Å²) < 4.78 is 46.7. The van der Waals surface area contributed by atoms with Gasteiger partial charge in [-0.2, -0.15) is 18.4 Å². The van der Waals surface area contributed by atoms with E-state index in [2.05, 4.69) is 10.2 Å². The molecule has 1 aliphatic rings. The minimum Gasteiger partial charge on any atom is -0.466 e. The highest BCUT2D eigenvalue weighted by atomic mass is 19.4. The second-order valence-electron chi connectivity index (χ2n) is 8.36. The highest BCUT2D eigenvalue weighted by molar-refractivity contribution is 5.93. The van der Waals surface area contributed by atoms with Crippen molar-refractivity contribution in [2.45, 2.75) is 25.6 Å². The van der Waals surface area contributed by atoms with Crippen LogP contribution in [-0.4, -0.2) is 39.6 Å². The zero-order valence-corrected chi connectivity index (χ0v) is 20.3. The predicted molar refractivity (Wildman–Crippen MR) is 130 cm³/mol. The number of nitrogens with one attached hydrogen (secondary N) is 1. The maximum Gasteiger partial charge on any atom is 0.416 e. The Kier molecular flexibility index (Phi) is 7.23. The van der Waals surface area contributed by atoms with E-state index in [0.29, 0.717) is 16.7 Å². The molecule has 0 radical (unpaired) electrons. The van der Waals surface area contributed by atoms with Crippen LogP contribution in [0.3, 0.4) is 0 Å². The van der Waals surface area contributed by atoms with Crippen molar-refractivity contribution >= 4 is 17.6 Å². The molecule has 0 fully saturated rings. The van der Waals surface area contributed by atoms with E-state index in [1.165, 1.54) is 40.7 Å². The van der Waals surface area contributed by atoms with Gasteiger partial charge in [0.1, 0.15) is 6.04 Å². The van der Waals surface area contributed by atoms with Crippen LogP contribution < -0.4 is 10.6 Å². The van der Waals surface area contributed by atoms with E-state index >= 15 is 0 Å². The molecule has 0 spiro atoms. The van der Waals surface area contributed by atoms with Gasteiger partial charge in [0.25, 0.3) is 0 Å². The number of carbonyl (C=O) groups excluding carboxylic acids is 1. The van der Waals surface area contributed by atoms with Gasteiger partial charge in [0, 0.05) is 11.4 Å². The van der Waals surface area contributed by atoms with Crippen LogP contribution in [0.2, 0.25) is 0 Å². The zero-order chi connectivity index (χ0) is 27.6. The molecular weight excluding hydrogens is 503 g/mol. The lowest BCUT2D eigenvalue weighted by molar-refractivity contribution is -0.138. The van der Waals surface area contributed by atoms with Gasteiger partial charge in [-0.1, -0.05) is 24.3 Å². The number of nitriles is 1. The second-order valence-corrected chi connectivity index (χ2v) is 8.36. The first-order valence-corrected chi connectivity index (χ1v) is 11.3. The number of allylic oxidation sites excluding steroid dienone is 2. The molecule has 1 aromatic heterocycles. The van der Waals surface area contributed by atoms with Crippen molar-refractivity contribution in [3.63, 3.8) is 0 Å². The van der Waals surface area contributed by atoms with Crippen LogP contribution in [0.5, 0.6) is 0 Å². The Morgan fingerprint density at radius 3 is 2.68 bits per heavy atom. The molecule has 0 aliphatic carbocycles. The number of aromatic nitrogens is 3. The molecule has 1 aliphatic heterocycles. The number of halogens is 3. The molecule has 0 saturated carbocycles. The van der Waals surface area contributed by atoms with Crippen LogP contribution in [-0.2, 0) is 22.1 Å². The molecule has 4 rings (SSSR count). The smallest absolute Gasteiger partial charge is 0.416 e. The normalized spacial score (nSPS) is 15.5. The average molecular weight is 525 g/mol. The van der Waals surface area contributed by atoms with Crippen molar-refractivity contribution < 1.29 is 27.8 Å². The third-order valence-electron chi connectivity index (χ3n) is 6.16. The van der Waals surface area contributed by atoms with Gasteiger partial charge in [-0.05, 0) is 54.8 Å². The van der Waals surface area contributed by atoms with Crippen molar-refractivity contribution in [1.29, 1.82) is 5.26 Å². The zero-order valence-electron chi connectivity index (χ0n) is 20.3. The fourth-order valence-corrected chi connectivity index (χ4v) is 4.48. The number of fused-ring (bicyclic) bond motifs is 1. The maximum atomic E-state index is 13.5. The summed E-state index contributed by atoms with van der Waals surface area (Å²) in [4.78, 5) is 27.5. The standard InChI is InChI=1S/C26H22F3N5O4/c1-15-21(23(36)38-2)22(20-10-9-16(14-30)12-17(20)6-3-4-11-35)34-24(31-32-25(34)37)33(15)19-8-5-7-18(13-19)26(27,28)29/h3-5,7-10,12-13,22,35H,6,11H2,1-2H3,(H,32,37)/b4-3+/t22-/m1/s1. The van der Waals surface area contributed by atoms with Crippen LogP contribution in [0.4, 0.5) is 24.8 Å². The lowest BCUT2D eigenvalue weighted by Crippen LogP contribution is -2.38. The summed E-state index contributed by atoms with van der Waals surface area (Å²) in [5, 5.41) is 25.0. The number of anilines is 2. The summed E-state index contributed by atoms with van der Waals surface area (Å²) in [5.41, 5.74) is -0.00620. The van der Waals surface area contributed by atoms with Gasteiger partial charge in [0.2, 0.25) is 5.95 Å². The maximum absolute atomic E-state index is 13.5. The third-order valence-corrected chi connectivity index (χ3v) is 6.16. The molecule has 38 heavy (non-hydrogen) atoms. The molecule has 2 heterocycles. The number of H-pyrrole nitrogens is 1. The molecule has 0 saturated heterocycles. The van der Waals surface area contributed by atoms with Gasteiger partial charge in [0.15, 0.2) is 0 Å². The van der Waals surface area contributed by atoms with Crippen LogP contribution in [0.25, 0.3) is 0 Å². The number of methoxy groups -OCH3 is 1. The van der Waals surface area contributed by atoms with Gasteiger partial charge in [-0.15, -0.1) is 5.10 Å². The van der Waals surface area contributed by atoms with E-state index in [1.807, 2.05) is 6.07 Å². The predicted octanol–water partition coefficient (Wildman–Crippen LogP) is 3.74. The molecule has 0 amide bonds. The van der Waals surface area contributed by atoms with Crippen LogP contribution in [0, 0.1) is 11.3 Å². The first-order chi connectivity index (χ1) is 18.1. The number of hydrogen-bond acceptors (Lipinski definition) is 7. The number of alkyl halides is 3. The Hall–Kier alpha value is -4.63. The quantitative estimate of drug-likeness (QED) is 0.371. The first kappa shape index (κ1) is 26.4. The fourth-order valence-electron chi connectivity index (χ4n) is 4.48. The molecule has 196 valence electrons. The number of benzene rings is 2. The Morgan fingerprint density at radius 1 is 1.26 bits per heavy atom. The van der Waals surface area contributed by atoms with E-state index in [0.717, 1.165) is 19.2 Å². The van der Waals surface area contributed by atoms with Gasteiger partial charge in [-0.25, -0.2) is 19.3 Å². The summed E-state index contributed by atoms with van der Waals surface area (Å²) in [7, 11) is 1.16. The number of aliphatic hydroxyl groups is 1. The Balaban J connectivity index is 2.01. The number of ether oxygens (including phenoxy) is 1. The fraction of sp³-hybridized carbons (Fsp3) is 0.231. The van der Waals surface area contributed by atoms with E-state index < -0.39 is 29.4 Å². The van der Waals surface area contributed by atoms with Gasteiger partial charge < -0.3 is 9.84 Å². The highest BCUT2D eigenvalue weighted by Gasteiger charge is 2.40. The largest absolute Gasteiger partial charge is 0.466 e. The summed E-state index contributed by atoms with van der Waals surface area (Å²) in [6.45, 7) is 1.32. The second kappa shape index (κ2) is 10.4. The van der Waals surface area contributed by atoms with Crippen LogP contribution >= 0.6 is 0 Å². The first-order valence-electron chi connectivity index (χ1n) is 11.3. The molecule has 2 aromatic carbocycles. The Labute approximate surface area is 214 Å². The number of rotatable bonds is 6. The van der Waals surface area contributed by atoms with Gasteiger partial charge in [-0.3, -0.25) is 4.90 Å². The third kappa shape index (κ3) is 4.71. The number of esters is 1. The van der Waals surface area contributed by atoms with Crippen molar-refractivity contribution in [1.82, 2.24) is 14.8 Å². The van der Waals surface area contributed by atoms with Crippen molar-refractivity contribution in [2.75, 3.05) is 18.6 Å². The summed E-state index contributed by atoms with van der Waals surface area (Å²) in [6.07, 6.45) is -1.18. The van der Waals surface area contributed by atoms with Gasteiger partial charge >= 0.3 is 17.8 Å². The summed E-state index contributed by atoms with van der Waals surface area (Å²) in [5.74, 6) is -0.838. The van der Waals surface area contributed by atoms with Crippen LogP contribution in [0.1, 0.15) is 35.2 Å². The molecular formula is C26H22F3N5O4. The average Bonchev–Trinajstić information content (AvgIpc) is 3.28. The molecule has 3 aromatic rings. The monoisotopic (exact) mass is 525 g/mol. The molecule has 2 N–H and O–H groups in total. The lowest BCUT2D eigenvalue weighted by atomic mass is 9.89. The van der Waals surface area contributed by atoms with E-state index in [9.17, 15) is 28.0 Å². The molecule has 0 bridgehead atoms. The Bertz CT molecular complexity index is 1550. The molecule has 9 nitrogen and oxygen atoms in total. The number of aromatic amines is 1. The SMILES string of the molecule is COC(=O)C1=C(C)N(c2cccc(C(F)(F)F)c2)c2n[nH]c(=O)n2[C@@H]1c1ccc(C#N)cc1C/C=C/CO. The molecule has 12 heteroatoms. The van der Waals surface area contributed by atoms with Crippen LogP contribution in [0.15, 0.2) is 70.7 Å². The van der Waals surface area contributed by atoms with Gasteiger partial charge in [0.05, 0.1) is 36.5 Å². The van der Waals surface area contributed by atoms with E-state index in [1.54, 1.807) is 18.2 Å². The van der Waals surface area contributed by atoms with E-state index in [4.69, 9.17) is 9.84 Å². The minimum absolute atomic E-state index is 0.00185. The summed E-state index contributed by atoms with van der Waals surface area (Å²) in [6, 6.07) is 10.1.